The largest absolute Gasteiger partial charge is 0.370 e. The summed E-state index contributed by atoms with van der Waals surface area (Å²) < 4.78 is 5.30. The SMILES string of the molecule is CO[C@@]1(C)C(=O)C[C@@H]1c1ccccc1. The highest BCUT2D eigenvalue weighted by Gasteiger charge is 2.52. The molecule has 2 rings (SSSR count). The highest BCUT2D eigenvalue weighted by Crippen LogP contribution is 2.44. The van der Waals surface area contributed by atoms with Crippen LogP contribution in [0.4, 0.5) is 0 Å². The average molecular weight is 190 g/mol. The van der Waals surface area contributed by atoms with Crippen molar-refractivity contribution < 1.29 is 9.53 Å². The molecular weight excluding hydrogens is 176 g/mol. The van der Waals surface area contributed by atoms with Crippen LogP contribution in [-0.4, -0.2) is 18.5 Å². The second kappa shape index (κ2) is 3.21. The van der Waals surface area contributed by atoms with Crippen molar-refractivity contribution in [2.45, 2.75) is 24.9 Å². The number of Topliss-reactive ketones (excluding diaryl/α,β-unsaturated/α-hetero) is 1. The number of ketones is 1. The maximum atomic E-state index is 11.4. The lowest BCUT2D eigenvalue weighted by atomic mass is 9.66. The van der Waals surface area contributed by atoms with Gasteiger partial charge in [0.2, 0.25) is 0 Å². The Morgan fingerprint density at radius 3 is 2.50 bits per heavy atom. The van der Waals surface area contributed by atoms with Crippen molar-refractivity contribution in [3.63, 3.8) is 0 Å². The smallest absolute Gasteiger partial charge is 0.165 e. The lowest BCUT2D eigenvalue weighted by Gasteiger charge is -2.44. The Kier molecular flexibility index (Phi) is 2.16. The lowest BCUT2D eigenvalue weighted by molar-refractivity contribution is -0.157. The number of methoxy groups -OCH3 is 1. The van der Waals surface area contributed by atoms with Crippen LogP contribution in [0.3, 0.4) is 0 Å². The summed E-state index contributed by atoms with van der Waals surface area (Å²) >= 11 is 0. The third kappa shape index (κ3) is 1.18. The molecule has 0 bridgehead atoms. The van der Waals surface area contributed by atoms with Gasteiger partial charge in [-0.2, -0.15) is 0 Å². The molecule has 0 aliphatic heterocycles. The highest BCUT2D eigenvalue weighted by molar-refractivity contribution is 5.95. The molecule has 1 aliphatic rings. The molecule has 0 amide bonds. The van der Waals surface area contributed by atoms with E-state index in [1.54, 1.807) is 7.11 Å². The highest BCUT2D eigenvalue weighted by atomic mass is 16.5. The molecule has 1 fully saturated rings. The second-order valence-electron chi connectivity index (χ2n) is 3.90. The fraction of sp³-hybridized carbons (Fsp3) is 0.417. The molecular formula is C12H14O2. The number of benzene rings is 1. The van der Waals surface area contributed by atoms with Crippen LogP contribution in [0.25, 0.3) is 0 Å². The Labute approximate surface area is 83.9 Å². The minimum absolute atomic E-state index is 0.203. The number of carbonyl (C=O) groups excluding carboxylic acids is 1. The van der Waals surface area contributed by atoms with Crippen LogP contribution in [0, 0.1) is 0 Å². The quantitative estimate of drug-likeness (QED) is 0.714. The van der Waals surface area contributed by atoms with Crippen molar-refractivity contribution in [1.29, 1.82) is 0 Å². The first-order valence-corrected chi connectivity index (χ1v) is 4.82. The van der Waals surface area contributed by atoms with E-state index in [1.165, 1.54) is 5.56 Å². The Bertz CT molecular complexity index is 345. The van der Waals surface area contributed by atoms with Gasteiger partial charge in [-0.3, -0.25) is 4.79 Å². The van der Waals surface area contributed by atoms with Gasteiger partial charge in [0, 0.05) is 19.4 Å². The zero-order chi connectivity index (χ0) is 10.2. The topological polar surface area (TPSA) is 26.3 Å². The Morgan fingerprint density at radius 2 is 2.00 bits per heavy atom. The Morgan fingerprint density at radius 1 is 1.36 bits per heavy atom. The van der Waals surface area contributed by atoms with Gasteiger partial charge in [0.15, 0.2) is 5.78 Å². The molecule has 2 atom stereocenters. The van der Waals surface area contributed by atoms with Gasteiger partial charge in [0.1, 0.15) is 5.60 Å². The van der Waals surface area contributed by atoms with Crippen LogP contribution in [0.1, 0.15) is 24.8 Å². The van der Waals surface area contributed by atoms with Gasteiger partial charge in [-0.1, -0.05) is 30.3 Å². The molecule has 0 unspecified atom stereocenters. The van der Waals surface area contributed by atoms with Gasteiger partial charge in [-0.15, -0.1) is 0 Å². The monoisotopic (exact) mass is 190 g/mol. The Balaban J connectivity index is 2.27. The second-order valence-corrected chi connectivity index (χ2v) is 3.90. The van der Waals surface area contributed by atoms with E-state index in [0.29, 0.717) is 6.42 Å². The van der Waals surface area contributed by atoms with Gasteiger partial charge in [-0.05, 0) is 12.5 Å². The van der Waals surface area contributed by atoms with E-state index in [9.17, 15) is 4.79 Å². The van der Waals surface area contributed by atoms with E-state index in [1.807, 2.05) is 37.3 Å². The lowest BCUT2D eigenvalue weighted by Crippen LogP contribution is -2.53. The van der Waals surface area contributed by atoms with Crippen LogP contribution in [-0.2, 0) is 9.53 Å². The number of hydrogen-bond acceptors (Lipinski definition) is 2. The van der Waals surface area contributed by atoms with Gasteiger partial charge < -0.3 is 4.74 Å². The molecule has 0 spiro atoms. The van der Waals surface area contributed by atoms with Crippen molar-refractivity contribution >= 4 is 5.78 Å². The van der Waals surface area contributed by atoms with Crippen molar-refractivity contribution in [3.05, 3.63) is 35.9 Å². The van der Waals surface area contributed by atoms with Crippen molar-refractivity contribution in [1.82, 2.24) is 0 Å². The number of carbonyl (C=O) groups is 1. The fourth-order valence-electron chi connectivity index (χ4n) is 2.02. The van der Waals surface area contributed by atoms with E-state index >= 15 is 0 Å². The number of hydrogen-bond donors (Lipinski definition) is 0. The summed E-state index contributed by atoms with van der Waals surface area (Å²) in [6, 6.07) is 10.1. The summed E-state index contributed by atoms with van der Waals surface area (Å²) in [6.07, 6.45) is 0.606. The van der Waals surface area contributed by atoms with Gasteiger partial charge in [0.05, 0.1) is 0 Å². The standard InChI is InChI=1S/C12H14O2/c1-12(14-2)10(8-11(12)13)9-6-4-3-5-7-9/h3-7,10H,8H2,1-2H3/t10-,12-/m1/s1. The van der Waals surface area contributed by atoms with Crippen LogP contribution in [0.5, 0.6) is 0 Å². The summed E-state index contributed by atoms with van der Waals surface area (Å²) in [4.78, 5) is 11.4. The van der Waals surface area contributed by atoms with Crippen molar-refractivity contribution in [3.8, 4) is 0 Å². The molecule has 74 valence electrons. The molecule has 14 heavy (non-hydrogen) atoms. The van der Waals surface area contributed by atoms with Crippen molar-refractivity contribution in [2.24, 2.45) is 0 Å². The molecule has 0 radical (unpaired) electrons. The zero-order valence-electron chi connectivity index (χ0n) is 8.49. The molecule has 1 aliphatic carbocycles. The van der Waals surface area contributed by atoms with E-state index < -0.39 is 5.60 Å². The molecule has 1 aromatic carbocycles. The third-order valence-electron chi connectivity index (χ3n) is 3.23. The summed E-state index contributed by atoms with van der Waals surface area (Å²) in [5.41, 5.74) is 0.595. The maximum Gasteiger partial charge on any atom is 0.165 e. The Hall–Kier alpha value is -1.15. The molecule has 0 N–H and O–H groups in total. The molecule has 0 heterocycles. The predicted octanol–water partition coefficient (Wildman–Crippen LogP) is 2.15. The van der Waals surface area contributed by atoms with Gasteiger partial charge >= 0.3 is 0 Å². The fourth-order valence-corrected chi connectivity index (χ4v) is 2.02. The molecule has 1 saturated carbocycles. The zero-order valence-corrected chi connectivity index (χ0v) is 8.49. The van der Waals surface area contributed by atoms with Gasteiger partial charge in [0.25, 0.3) is 0 Å². The van der Waals surface area contributed by atoms with Crippen molar-refractivity contribution in [2.75, 3.05) is 7.11 Å². The van der Waals surface area contributed by atoms with E-state index in [-0.39, 0.29) is 11.7 Å². The molecule has 1 aromatic rings. The predicted molar refractivity (Wildman–Crippen MR) is 54.2 cm³/mol. The normalized spacial score (nSPS) is 31.3. The summed E-state index contributed by atoms with van der Waals surface area (Å²) in [6.45, 7) is 1.87. The molecule has 2 heteroatoms. The van der Waals surface area contributed by atoms with Gasteiger partial charge in [-0.25, -0.2) is 0 Å². The van der Waals surface area contributed by atoms with Crippen LogP contribution >= 0.6 is 0 Å². The number of ether oxygens (including phenoxy) is 1. The molecule has 2 nitrogen and oxygen atoms in total. The summed E-state index contributed by atoms with van der Waals surface area (Å²) in [7, 11) is 1.60. The van der Waals surface area contributed by atoms with E-state index in [2.05, 4.69) is 0 Å². The van der Waals surface area contributed by atoms with Crippen LogP contribution < -0.4 is 0 Å². The summed E-state index contributed by atoms with van der Waals surface area (Å²) in [5.74, 6) is 0.426. The van der Waals surface area contributed by atoms with Crippen LogP contribution in [0.2, 0.25) is 0 Å². The first-order valence-electron chi connectivity index (χ1n) is 4.82. The third-order valence-corrected chi connectivity index (χ3v) is 3.23. The first kappa shape index (κ1) is 9.41. The summed E-state index contributed by atoms with van der Waals surface area (Å²) in [5, 5.41) is 0. The minimum Gasteiger partial charge on any atom is -0.370 e. The first-order chi connectivity index (χ1) is 6.68. The minimum atomic E-state index is -0.596. The average Bonchev–Trinajstić information content (AvgIpc) is 2.25. The van der Waals surface area contributed by atoms with Crippen LogP contribution in [0.15, 0.2) is 30.3 Å². The van der Waals surface area contributed by atoms with E-state index in [4.69, 9.17) is 4.74 Å². The molecule has 0 aromatic heterocycles. The maximum absolute atomic E-state index is 11.4. The molecule has 0 saturated heterocycles. The van der Waals surface area contributed by atoms with E-state index in [0.717, 1.165) is 0 Å². The number of rotatable bonds is 2.